The molecule has 0 aromatic carbocycles. The van der Waals surface area contributed by atoms with Gasteiger partial charge in [0.05, 0.1) is 17.6 Å². The first-order chi connectivity index (χ1) is 14.5. The van der Waals surface area contributed by atoms with E-state index >= 15 is 0 Å². The van der Waals surface area contributed by atoms with Crippen molar-refractivity contribution in [3.05, 3.63) is 0 Å². The zero-order valence-corrected chi connectivity index (χ0v) is 18.8. The summed E-state index contributed by atoms with van der Waals surface area (Å²) in [6, 6.07) is 2.50. The van der Waals surface area contributed by atoms with Crippen LogP contribution in [0.2, 0.25) is 0 Å². The molecule has 9 atom stereocenters. The van der Waals surface area contributed by atoms with Crippen molar-refractivity contribution in [1.29, 1.82) is 5.26 Å². The number of esters is 1. The van der Waals surface area contributed by atoms with Gasteiger partial charge in [-0.3, -0.25) is 14.4 Å². The molecule has 0 aromatic heterocycles. The Morgan fingerprint density at radius 2 is 1.87 bits per heavy atom. The highest BCUT2D eigenvalue weighted by Gasteiger charge is 2.73. The number of rotatable bonds is 1. The molecule has 1 N–H and O–H groups in total. The fraction of sp³-hybridized carbons (Fsp3) is 0.840. The average molecular weight is 428 g/mol. The highest BCUT2D eigenvalue weighted by atomic mass is 16.6. The van der Waals surface area contributed by atoms with Crippen molar-refractivity contribution in [1.82, 2.24) is 0 Å². The molecule has 0 amide bonds. The first-order valence-corrected chi connectivity index (χ1v) is 11.9. The molecule has 6 nitrogen and oxygen atoms in total. The van der Waals surface area contributed by atoms with Gasteiger partial charge in [0.25, 0.3) is 0 Å². The van der Waals surface area contributed by atoms with E-state index in [2.05, 4.69) is 19.9 Å². The normalized spacial score (nSPS) is 53.3. The minimum atomic E-state index is -0.898. The van der Waals surface area contributed by atoms with Crippen molar-refractivity contribution >= 4 is 17.5 Å². The van der Waals surface area contributed by atoms with Gasteiger partial charge in [-0.15, -0.1) is 0 Å². The molecule has 168 valence electrons. The number of carbonyl (C=O) groups excluding carboxylic acids is 3. The van der Waals surface area contributed by atoms with Crippen molar-refractivity contribution in [3.63, 3.8) is 0 Å². The van der Waals surface area contributed by atoms with Crippen molar-refractivity contribution in [2.45, 2.75) is 90.3 Å². The summed E-state index contributed by atoms with van der Waals surface area (Å²) in [5, 5.41) is 22.0. The predicted octanol–water partition coefficient (Wildman–Crippen LogP) is 3.35. The van der Waals surface area contributed by atoms with Gasteiger partial charge in [0, 0.05) is 30.6 Å². The van der Waals surface area contributed by atoms with E-state index in [4.69, 9.17) is 4.74 Å². The minimum absolute atomic E-state index is 0.0468. The van der Waals surface area contributed by atoms with Gasteiger partial charge in [-0.25, -0.2) is 0 Å². The maximum absolute atomic E-state index is 13.0. The van der Waals surface area contributed by atoms with Gasteiger partial charge in [-0.1, -0.05) is 13.8 Å². The van der Waals surface area contributed by atoms with Crippen LogP contribution in [-0.4, -0.2) is 34.3 Å². The quantitative estimate of drug-likeness (QED) is 0.644. The van der Waals surface area contributed by atoms with Gasteiger partial charge >= 0.3 is 5.97 Å². The van der Waals surface area contributed by atoms with Crippen LogP contribution >= 0.6 is 0 Å². The van der Waals surface area contributed by atoms with Gasteiger partial charge in [0.15, 0.2) is 0 Å². The van der Waals surface area contributed by atoms with Crippen LogP contribution < -0.4 is 0 Å². The number of aliphatic hydroxyl groups excluding tert-OH is 1. The van der Waals surface area contributed by atoms with E-state index in [-0.39, 0.29) is 53.0 Å². The summed E-state index contributed by atoms with van der Waals surface area (Å²) in [5.74, 6) is -0.468. The molecular weight excluding hydrogens is 394 g/mol. The summed E-state index contributed by atoms with van der Waals surface area (Å²) in [5.41, 5.74) is -2.32. The number of fused-ring (bicyclic) bond motifs is 6. The number of Topliss-reactive ketones (excluding diaryl/α,β-unsaturated/α-hetero) is 2. The van der Waals surface area contributed by atoms with Crippen LogP contribution in [0.1, 0.15) is 78.6 Å². The number of hydrogen-bond donors (Lipinski definition) is 1. The Morgan fingerprint density at radius 1 is 1.13 bits per heavy atom. The molecular formula is C25H33NO5. The fourth-order valence-corrected chi connectivity index (χ4v) is 9.13. The SMILES string of the molecule is CC(=O)[C@@H]1C[C@]2(C#N)CC(=O)CCC2(C)C2C1C1CC[C@@]3(CCC(=O)O3)C1(C)C[C@H]2O. The van der Waals surface area contributed by atoms with E-state index in [1.165, 1.54) is 0 Å². The van der Waals surface area contributed by atoms with Gasteiger partial charge in [-0.2, -0.15) is 5.26 Å². The summed E-state index contributed by atoms with van der Waals surface area (Å²) in [6.45, 7) is 5.83. The topological polar surface area (TPSA) is 104 Å². The Balaban J connectivity index is 1.64. The van der Waals surface area contributed by atoms with E-state index < -0.39 is 22.5 Å². The second-order valence-electron chi connectivity index (χ2n) is 11.7. The first-order valence-electron chi connectivity index (χ1n) is 11.9. The molecule has 4 aliphatic carbocycles. The summed E-state index contributed by atoms with van der Waals surface area (Å²) < 4.78 is 5.96. The molecule has 1 aliphatic heterocycles. The van der Waals surface area contributed by atoms with Gasteiger partial charge in [0.2, 0.25) is 0 Å². The maximum atomic E-state index is 13.0. The summed E-state index contributed by atoms with van der Waals surface area (Å²) in [6.07, 6.45) is 4.18. The lowest BCUT2D eigenvalue weighted by Gasteiger charge is -2.66. The predicted molar refractivity (Wildman–Crippen MR) is 110 cm³/mol. The third-order valence-electron chi connectivity index (χ3n) is 10.7. The number of carbonyl (C=O) groups is 3. The average Bonchev–Trinajstić information content (AvgIpc) is 3.22. The Hall–Kier alpha value is -1.74. The molecule has 1 heterocycles. The van der Waals surface area contributed by atoms with Crippen LogP contribution in [0.15, 0.2) is 0 Å². The largest absolute Gasteiger partial charge is 0.458 e. The monoisotopic (exact) mass is 427 g/mol. The molecule has 31 heavy (non-hydrogen) atoms. The van der Waals surface area contributed by atoms with Crippen LogP contribution in [0.25, 0.3) is 0 Å². The lowest BCUT2D eigenvalue weighted by molar-refractivity contribution is -0.223. The standard InChI is InChI=1S/C25H33NO5/c1-14(27)16-11-24(13-26)10-15(28)4-7-22(24,2)21-18(29)12-23(3)17(20(16)21)5-8-25(23)9-6-19(30)31-25/h16-18,20-21,29H,4-12H2,1-3H3/t16-,17?,18+,20?,21?,22?,23?,24-,25+/m0/s1. The number of aliphatic hydroxyl groups is 1. The van der Waals surface area contributed by atoms with Crippen LogP contribution in [0.3, 0.4) is 0 Å². The van der Waals surface area contributed by atoms with Crippen molar-refractivity contribution < 1.29 is 24.2 Å². The van der Waals surface area contributed by atoms with E-state index in [9.17, 15) is 24.8 Å². The lowest BCUT2D eigenvalue weighted by atomic mass is 9.37. The maximum Gasteiger partial charge on any atom is 0.306 e. The number of hydrogen-bond acceptors (Lipinski definition) is 6. The van der Waals surface area contributed by atoms with Crippen LogP contribution in [0.4, 0.5) is 0 Å². The summed E-state index contributed by atoms with van der Waals surface area (Å²) in [7, 11) is 0. The molecule has 0 radical (unpaired) electrons. The van der Waals surface area contributed by atoms with Crippen molar-refractivity contribution in [3.8, 4) is 6.07 Å². The minimum Gasteiger partial charge on any atom is -0.458 e. The van der Waals surface area contributed by atoms with E-state index in [1.807, 2.05) is 0 Å². The molecule has 5 unspecified atom stereocenters. The second-order valence-corrected chi connectivity index (χ2v) is 11.7. The number of ether oxygens (including phenoxy) is 1. The molecule has 5 rings (SSSR count). The Morgan fingerprint density at radius 3 is 2.48 bits per heavy atom. The molecule has 0 aromatic rings. The zero-order chi connectivity index (χ0) is 22.4. The van der Waals surface area contributed by atoms with E-state index in [0.717, 1.165) is 12.8 Å². The van der Waals surface area contributed by atoms with E-state index in [0.29, 0.717) is 38.5 Å². The van der Waals surface area contributed by atoms with Crippen LogP contribution in [-0.2, 0) is 19.1 Å². The third-order valence-corrected chi connectivity index (χ3v) is 10.7. The summed E-state index contributed by atoms with van der Waals surface area (Å²) in [4.78, 5) is 37.5. The van der Waals surface area contributed by atoms with Gasteiger partial charge in [0.1, 0.15) is 17.2 Å². The summed E-state index contributed by atoms with van der Waals surface area (Å²) >= 11 is 0. The molecule has 4 saturated carbocycles. The Bertz CT molecular complexity index is 908. The second kappa shape index (κ2) is 6.41. The number of nitrogens with zero attached hydrogens (tertiary/aromatic N) is 1. The Kier molecular flexibility index (Phi) is 4.36. The smallest absolute Gasteiger partial charge is 0.306 e. The molecule has 1 spiro atoms. The molecule has 5 fully saturated rings. The Labute approximate surface area is 183 Å². The van der Waals surface area contributed by atoms with E-state index in [1.54, 1.807) is 6.92 Å². The third kappa shape index (κ3) is 2.45. The number of ketones is 2. The van der Waals surface area contributed by atoms with Crippen LogP contribution in [0, 0.1) is 51.2 Å². The zero-order valence-electron chi connectivity index (χ0n) is 18.8. The molecule has 6 heteroatoms. The number of nitriles is 1. The molecule has 5 aliphatic rings. The molecule has 0 bridgehead atoms. The van der Waals surface area contributed by atoms with Crippen molar-refractivity contribution in [2.75, 3.05) is 0 Å². The molecule has 1 saturated heterocycles. The van der Waals surface area contributed by atoms with Gasteiger partial charge in [-0.05, 0) is 68.6 Å². The highest BCUT2D eigenvalue weighted by molar-refractivity contribution is 5.82. The lowest BCUT2D eigenvalue weighted by Crippen LogP contribution is -2.67. The highest BCUT2D eigenvalue weighted by Crippen LogP contribution is 2.73. The van der Waals surface area contributed by atoms with Gasteiger partial charge < -0.3 is 9.84 Å². The fourth-order valence-electron chi connectivity index (χ4n) is 9.13. The van der Waals surface area contributed by atoms with Crippen LogP contribution in [0.5, 0.6) is 0 Å². The van der Waals surface area contributed by atoms with Crippen molar-refractivity contribution in [2.24, 2.45) is 39.9 Å². The first kappa shape index (κ1) is 21.1.